The van der Waals surface area contributed by atoms with Crippen LogP contribution in [0.5, 0.6) is 5.75 Å². The summed E-state index contributed by atoms with van der Waals surface area (Å²) in [6, 6.07) is 8.73. The summed E-state index contributed by atoms with van der Waals surface area (Å²) in [6.45, 7) is 10.9. The highest BCUT2D eigenvalue weighted by Gasteiger charge is 2.06. The summed E-state index contributed by atoms with van der Waals surface area (Å²) in [5.74, 6) is 0.912. The molecule has 0 saturated carbocycles. The van der Waals surface area contributed by atoms with Crippen LogP contribution < -0.4 is 10.1 Å². The topological polar surface area (TPSA) is 24.5 Å². The zero-order chi connectivity index (χ0) is 13.4. The lowest BCUT2D eigenvalue weighted by atomic mass is 10.2. The maximum absolute atomic E-state index is 5.15. The molecule has 102 valence electrons. The second-order valence-electron chi connectivity index (χ2n) is 4.62. The smallest absolute Gasteiger partial charge is 0.118 e. The monoisotopic (exact) mass is 250 g/mol. The quantitative estimate of drug-likeness (QED) is 0.767. The van der Waals surface area contributed by atoms with Gasteiger partial charge in [-0.25, -0.2) is 0 Å². The summed E-state index contributed by atoms with van der Waals surface area (Å²) in [5, 5.41) is 3.55. The molecule has 1 unspecified atom stereocenters. The number of likely N-dealkylation sites (N-methyl/N-ethyl adjacent to an activating group) is 1. The summed E-state index contributed by atoms with van der Waals surface area (Å²) >= 11 is 0. The minimum absolute atomic E-state index is 0.506. The van der Waals surface area contributed by atoms with Crippen molar-refractivity contribution >= 4 is 0 Å². The molecule has 1 atom stereocenters. The number of hydrogen-bond donors (Lipinski definition) is 1. The molecular formula is C15H26N2O. The van der Waals surface area contributed by atoms with Crippen molar-refractivity contribution in [2.24, 2.45) is 0 Å². The molecule has 0 amide bonds. The van der Waals surface area contributed by atoms with Gasteiger partial charge < -0.3 is 15.0 Å². The average molecular weight is 250 g/mol. The molecule has 0 spiro atoms. The third-order valence-electron chi connectivity index (χ3n) is 3.24. The van der Waals surface area contributed by atoms with Gasteiger partial charge in [0.2, 0.25) is 0 Å². The molecule has 1 N–H and O–H groups in total. The standard InChI is InChI=1S/C15H26N2O/c1-5-17(6-2)12-13(3)16-11-14-7-9-15(18-4)10-8-14/h7-10,13,16H,5-6,11-12H2,1-4H3. The first kappa shape index (κ1) is 15.0. The summed E-state index contributed by atoms with van der Waals surface area (Å²) in [4.78, 5) is 2.44. The molecular weight excluding hydrogens is 224 g/mol. The van der Waals surface area contributed by atoms with Crippen LogP contribution in [-0.2, 0) is 6.54 Å². The van der Waals surface area contributed by atoms with E-state index in [2.05, 4.69) is 43.1 Å². The molecule has 0 aliphatic heterocycles. The lowest BCUT2D eigenvalue weighted by Crippen LogP contribution is -2.38. The van der Waals surface area contributed by atoms with E-state index in [4.69, 9.17) is 4.74 Å². The van der Waals surface area contributed by atoms with Gasteiger partial charge in [0.25, 0.3) is 0 Å². The second-order valence-corrected chi connectivity index (χ2v) is 4.62. The Morgan fingerprint density at radius 3 is 2.28 bits per heavy atom. The Hall–Kier alpha value is -1.06. The zero-order valence-electron chi connectivity index (χ0n) is 12.1. The average Bonchev–Trinajstić information content (AvgIpc) is 2.43. The Balaban J connectivity index is 2.34. The number of nitrogens with one attached hydrogen (secondary N) is 1. The van der Waals surface area contributed by atoms with E-state index in [1.807, 2.05) is 12.1 Å². The molecule has 0 aliphatic carbocycles. The highest BCUT2D eigenvalue weighted by atomic mass is 16.5. The van der Waals surface area contributed by atoms with Gasteiger partial charge in [-0.05, 0) is 37.7 Å². The van der Waals surface area contributed by atoms with Crippen molar-refractivity contribution in [1.82, 2.24) is 10.2 Å². The Labute approximate surface area is 111 Å². The van der Waals surface area contributed by atoms with Crippen molar-refractivity contribution in [3.05, 3.63) is 29.8 Å². The molecule has 3 nitrogen and oxygen atoms in total. The fourth-order valence-electron chi connectivity index (χ4n) is 1.97. The van der Waals surface area contributed by atoms with Gasteiger partial charge in [-0.2, -0.15) is 0 Å². The van der Waals surface area contributed by atoms with Gasteiger partial charge in [-0.3, -0.25) is 0 Å². The van der Waals surface area contributed by atoms with Gasteiger partial charge in [0.1, 0.15) is 5.75 Å². The van der Waals surface area contributed by atoms with Crippen LogP contribution in [0.4, 0.5) is 0 Å². The first-order valence-electron chi connectivity index (χ1n) is 6.78. The Morgan fingerprint density at radius 2 is 1.78 bits per heavy atom. The molecule has 0 radical (unpaired) electrons. The number of ether oxygens (including phenoxy) is 1. The first-order valence-corrected chi connectivity index (χ1v) is 6.78. The Morgan fingerprint density at radius 1 is 1.17 bits per heavy atom. The number of rotatable bonds is 8. The van der Waals surface area contributed by atoms with Crippen LogP contribution in [0.25, 0.3) is 0 Å². The van der Waals surface area contributed by atoms with E-state index in [1.54, 1.807) is 7.11 Å². The highest BCUT2D eigenvalue weighted by Crippen LogP contribution is 2.11. The van der Waals surface area contributed by atoms with E-state index in [0.29, 0.717) is 6.04 Å². The predicted molar refractivity (Wildman–Crippen MR) is 77.1 cm³/mol. The zero-order valence-corrected chi connectivity index (χ0v) is 12.1. The van der Waals surface area contributed by atoms with Crippen molar-refractivity contribution in [3.8, 4) is 5.75 Å². The molecule has 0 aliphatic rings. The number of nitrogens with zero attached hydrogens (tertiary/aromatic N) is 1. The second kappa shape index (κ2) is 8.11. The maximum Gasteiger partial charge on any atom is 0.118 e. The molecule has 0 fully saturated rings. The molecule has 18 heavy (non-hydrogen) atoms. The maximum atomic E-state index is 5.15. The molecule has 0 bridgehead atoms. The van der Waals surface area contributed by atoms with Gasteiger partial charge in [0, 0.05) is 19.1 Å². The highest BCUT2D eigenvalue weighted by molar-refractivity contribution is 5.27. The molecule has 1 aromatic rings. The van der Waals surface area contributed by atoms with E-state index in [-0.39, 0.29) is 0 Å². The van der Waals surface area contributed by atoms with Crippen molar-refractivity contribution < 1.29 is 4.74 Å². The number of benzene rings is 1. The Kier molecular flexibility index (Phi) is 6.76. The van der Waals surface area contributed by atoms with Gasteiger partial charge >= 0.3 is 0 Å². The van der Waals surface area contributed by atoms with Crippen LogP contribution in [0.3, 0.4) is 0 Å². The molecule has 3 heteroatoms. The molecule has 0 aromatic heterocycles. The Bertz CT molecular complexity index is 320. The summed E-state index contributed by atoms with van der Waals surface area (Å²) in [7, 11) is 1.69. The summed E-state index contributed by atoms with van der Waals surface area (Å²) in [6.07, 6.45) is 0. The molecule has 0 heterocycles. The van der Waals surface area contributed by atoms with Gasteiger partial charge in [0.15, 0.2) is 0 Å². The predicted octanol–water partition coefficient (Wildman–Crippen LogP) is 2.52. The van der Waals surface area contributed by atoms with E-state index < -0.39 is 0 Å². The third kappa shape index (κ3) is 5.07. The number of methoxy groups -OCH3 is 1. The van der Waals surface area contributed by atoms with Crippen LogP contribution in [-0.4, -0.2) is 37.7 Å². The van der Waals surface area contributed by atoms with Crippen molar-refractivity contribution in [2.45, 2.75) is 33.4 Å². The van der Waals surface area contributed by atoms with Crippen molar-refractivity contribution in [1.29, 1.82) is 0 Å². The molecule has 1 rings (SSSR count). The van der Waals surface area contributed by atoms with Crippen LogP contribution >= 0.6 is 0 Å². The van der Waals surface area contributed by atoms with Gasteiger partial charge in [-0.1, -0.05) is 26.0 Å². The van der Waals surface area contributed by atoms with Crippen LogP contribution in [0, 0.1) is 0 Å². The van der Waals surface area contributed by atoms with E-state index in [9.17, 15) is 0 Å². The van der Waals surface area contributed by atoms with E-state index in [0.717, 1.165) is 31.9 Å². The SMILES string of the molecule is CCN(CC)CC(C)NCc1ccc(OC)cc1. The first-order chi connectivity index (χ1) is 8.69. The fraction of sp³-hybridized carbons (Fsp3) is 0.600. The van der Waals surface area contributed by atoms with Crippen molar-refractivity contribution in [2.75, 3.05) is 26.7 Å². The minimum atomic E-state index is 0.506. The lowest BCUT2D eigenvalue weighted by Gasteiger charge is -2.23. The number of hydrogen-bond acceptors (Lipinski definition) is 3. The summed E-state index contributed by atoms with van der Waals surface area (Å²) < 4.78 is 5.15. The molecule has 0 saturated heterocycles. The normalized spacial score (nSPS) is 12.7. The third-order valence-corrected chi connectivity index (χ3v) is 3.24. The minimum Gasteiger partial charge on any atom is -0.497 e. The fourth-order valence-corrected chi connectivity index (χ4v) is 1.97. The van der Waals surface area contributed by atoms with Gasteiger partial charge in [0.05, 0.1) is 7.11 Å². The largest absolute Gasteiger partial charge is 0.497 e. The van der Waals surface area contributed by atoms with Crippen LogP contribution in [0.2, 0.25) is 0 Å². The van der Waals surface area contributed by atoms with Crippen molar-refractivity contribution in [3.63, 3.8) is 0 Å². The lowest BCUT2D eigenvalue weighted by molar-refractivity contribution is 0.270. The van der Waals surface area contributed by atoms with E-state index >= 15 is 0 Å². The summed E-state index contributed by atoms with van der Waals surface area (Å²) in [5.41, 5.74) is 1.29. The van der Waals surface area contributed by atoms with Crippen LogP contribution in [0.1, 0.15) is 26.3 Å². The van der Waals surface area contributed by atoms with E-state index in [1.165, 1.54) is 5.56 Å². The van der Waals surface area contributed by atoms with Crippen LogP contribution in [0.15, 0.2) is 24.3 Å². The molecule has 1 aromatic carbocycles. The van der Waals surface area contributed by atoms with Gasteiger partial charge in [-0.15, -0.1) is 0 Å².